The molecule has 0 aliphatic carbocycles. The van der Waals surface area contributed by atoms with E-state index in [1.165, 1.54) is 17.8 Å². The summed E-state index contributed by atoms with van der Waals surface area (Å²) in [6.45, 7) is 0. The molecule has 0 fully saturated rings. The first-order valence-electron chi connectivity index (χ1n) is 5.70. The molecule has 0 aliphatic heterocycles. The molecule has 5 nitrogen and oxygen atoms in total. The molecule has 0 unspecified atom stereocenters. The molecule has 1 N–H and O–H groups in total. The largest absolute Gasteiger partial charge is 0.478 e. The number of hydrogen-bond donors (Lipinski definition) is 1. The van der Waals surface area contributed by atoms with Gasteiger partial charge in [0.1, 0.15) is 5.56 Å². The van der Waals surface area contributed by atoms with Crippen molar-refractivity contribution < 1.29 is 9.90 Å². The van der Waals surface area contributed by atoms with Crippen LogP contribution in [0.3, 0.4) is 0 Å². The molecule has 3 rings (SSSR count). The molecule has 3 aromatic rings. The van der Waals surface area contributed by atoms with Gasteiger partial charge < -0.3 is 9.67 Å². The Labute approximate surface area is 107 Å². The molecule has 0 saturated heterocycles. The Morgan fingerprint density at radius 1 is 1.32 bits per heavy atom. The zero-order valence-corrected chi connectivity index (χ0v) is 10.1. The molecule has 1 aromatic carbocycles. The Morgan fingerprint density at radius 2 is 2.05 bits per heavy atom. The number of pyridine rings is 2. The van der Waals surface area contributed by atoms with Crippen LogP contribution in [0.15, 0.2) is 41.3 Å². The minimum Gasteiger partial charge on any atom is -0.478 e. The number of aromatic nitrogens is 2. The number of fused-ring (bicyclic) bond motifs is 2. The van der Waals surface area contributed by atoms with Crippen LogP contribution in [0.25, 0.3) is 21.8 Å². The number of aromatic carboxylic acids is 1. The zero-order valence-electron chi connectivity index (χ0n) is 10.1. The number of carboxylic acids is 1. The highest BCUT2D eigenvalue weighted by molar-refractivity contribution is 6.04. The number of carbonyl (C=O) groups is 1. The fraction of sp³-hybridized carbons (Fsp3) is 0.0714. The van der Waals surface area contributed by atoms with Crippen molar-refractivity contribution in [2.75, 3.05) is 0 Å². The van der Waals surface area contributed by atoms with Crippen molar-refractivity contribution in [3.63, 3.8) is 0 Å². The predicted octanol–water partition coefficient (Wildman–Crippen LogP) is 1.78. The maximum absolute atomic E-state index is 12.1. The van der Waals surface area contributed by atoms with Gasteiger partial charge in [-0.15, -0.1) is 0 Å². The Bertz CT molecular complexity index is 881. The van der Waals surface area contributed by atoms with Gasteiger partial charge in [0.05, 0.1) is 16.4 Å². The van der Waals surface area contributed by atoms with Crippen LogP contribution < -0.4 is 5.56 Å². The van der Waals surface area contributed by atoms with Crippen LogP contribution in [-0.2, 0) is 7.05 Å². The lowest BCUT2D eigenvalue weighted by Gasteiger charge is -2.06. The number of rotatable bonds is 1. The summed E-state index contributed by atoms with van der Waals surface area (Å²) in [6, 6.07) is 8.99. The standard InChI is InChI=1S/C14H10N2O3/c1-16-7-10(14(18)19)12-9(13(16)17)6-8-4-2-3-5-11(8)15-12/h2-7H,1H3,(H,18,19). The maximum Gasteiger partial charge on any atom is 0.339 e. The van der Waals surface area contributed by atoms with E-state index in [0.717, 1.165) is 5.39 Å². The zero-order chi connectivity index (χ0) is 13.6. The Kier molecular flexibility index (Phi) is 2.35. The van der Waals surface area contributed by atoms with Crippen LogP contribution >= 0.6 is 0 Å². The molecule has 0 atom stereocenters. The number of carboxylic acid groups (broad SMARTS) is 1. The van der Waals surface area contributed by atoms with E-state index >= 15 is 0 Å². The van der Waals surface area contributed by atoms with E-state index in [4.69, 9.17) is 0 Å². The normalized spacial score (nSPS) is 11.0. The molecule has 2 heterocycles. The average molecular weight is 254 g/mol. The first-order chi connectivity index (χ1) is 9.08. The molecule has 0 spiro atoms. The molecule has 0 bridgehead atoms. The third-order valence-electron chi connectivity index (χ3n) is 3.08. The molecule has 5 heteroatoms. The van der Waals surface area contributed by atoms with E-state index in [-0.39, 0.29) is 16.6 Å². The van der Waals surface area contributed by atoms with Crippen molar-refractivity contribution in [1.29, 1.82) is 0 Å². The van der Waals surface area contributed by atoms with Crippen molar-refractivity contribution in [3.05, 3.63) is 52.4 Å². The first-order valence-corrected chi connectivity index (χ1v) is 5.70. The van der Waals surface area contributed by atoms with Crippen molar-refractivity contribution in [3.8, 4) is 0 Å². The molecule has 0 amide bonds. The second-order valence-electron chi connectivity index (χ2n) is 4.34. The fourth-order valence-corrected chi connectivity index (χ4v) is 2.14. The quantitative estimate of drug-likeness (QED) is 0.672. The lowest BCUT2D eigenvalue weighted by molar-refractivity contribution is 0.0698. The number of para-hydroxylation sites is 1. The first kappa shape index (κ1) is 11.4. The molecular weight excluding hydrogens is 244 g/mol. The van der Waals surface area contributed by atoms with Gasteiger partial charge in [-0.3, -0.25) is 4.79 Å². The molecule has 0 radical (unpaired) electrons. The molecule has 0 aliphatic rings. The summed E-state index contributed by atoms with van der Waals surface area (Å²) >= 11 is 0. The minimum atomic E-state index is -1.09. The average Bonchev–Trinajstić information content (AvgIpc) is 2.41. The number of aryl methyl sites for hydroxylation is 1. The molecule has 19 heavy (non-hydrogen) atoms. The van der Waals surface area contributed by atoms with Gasteiger partial charge >= 0.3 is 5.97 Å². The third-order valence-corrected chi connectivity index (χ3v) is 3.08. The highest BCUT2D eigenvalue weighted by Gasteiger charge is 2.14. The van der Waals surface area contributed by atoms with E-state index in [1.807, 2.05) is 18.2 Å². The van der Waals surface area contributed by atoms with Gasteiger partial charge in [-0.05, 0) is 12.1 Å². The van der Waals surface area contributed by atoms with Gasteiger partial charge in [-0.25, -0.2) is 9.78 Å². The molecule has 0 saturated carbocycles. The number of nitrogens with zero attached hydrogens (tertiary/aromatic N) is 2. The smallest absolute Gasteiger partial charge is 0.339 e. The van der Waals surface area contributed by atoms with Gasteiger partial charge in [0.25, 0.3) is 5.56 Å². The van der Waals surface area contributed by atoms with E-state index in [1.54, 1.807) is 12.1 Å². The van der Waals surface area contributed by atoms with Crippen molar-refractivity contribution in [2.45, 2.75) is 0 Å². The predicted molar refractivity (Wildman–Crippen MR) is 71.4 cm³/mol. The fourth-order valence-electron chi connectivity index (χ4n) is 2.14. The number of hydrogen-bond acceptors (Lipinski definition) is 3. The van der Waals surface area contributed by atoms with Gasteiger partial charge in [0.15, 0.2) is 0 Å². The van der Waals surface area contributed by atoms with E-state index in [2.05, 4.69) is 4.98 Å². The van der Waals surface area contributed by atoms with Crippen molar-refractivity contribution >= 4 is 27.8 Å². The van der Waals surface area contributed by atoms with Gasteiger partial charge in [0.2, 0.25) is 0 Å². The summed E-state index contributed by atoms with van der Waals surface area (Å²) in [6.07, 6.45) is 1.30. The topological polar surface area (TPSA) is 72.2 Å². The van der Waals surface area contributed by atoms with Gasteiger partial charge in [0, 0.05) is 18.6 Å². The summed E-state index contributed by atoms with van der Waals surface area (Å²) < 4.78 is 1.27. The lowest BCUT2D eigenvalue weighted by atomic mass is 10.1. The summed E-state index contributed by atoms with van der Waals surface area (Å²) in [4.78, 5) is 27.6. The molecular formula is C14H10N2O3. The van der Waals surface area contributed by atoms with Crippen LogP contribution in [0, 0.1) is 0 Å². The monoisotopic (exact) mass is 254 g/mol. The van der Waals surface area contributed by atoms with E-state index in [9.17, 15) is 14.7 Å². The van der Waals surface area contributed by atoms with Gasteiger partial charge in [-0.2, -0.15) is 0 Å². The van der Waals surface area contributed by atoms with Crippen LogP contribution in [0.5, 0.6) is 0 Å². The highest BCUT2D eigenvalue weighted by Crippen LogP contribution is 2.19. The van der Waals surface area contributed by atoms with Crippen molar-refractivity contribution in [1.82, 2.24) is 9.55 Å². The second-order valence-corrected chi connectivity index (χ2v) is 4.34. The second kappa shape index (κ2) is 3.91. The van der Waals surface area contributed by atoms with Crippen molar-refractivity contribution in [2.24, 2.45) is 7.05 Å². The highest BCUT2D eigenvalue weighted by atomic mass is 16.4. The summed E-state index contributed by atoms with van der Waals surface area (Å²) in [5, 5.41) is 10.3. The van der Waals surface area contributed by atoms with Crippen LogP contribution in [0.1, 0.15) is 10.4 Å². The lowest BCUT2D eigenvalue weighted by Crippen LogP contribution is -2.19. The Balaban J connectivity index is 2.59. The van der Waals surface area contributed by atoms with Crippen LogP contribution in [0.4, 0.5) is 0 Å². The summed E-state index contributed by atoms with van der Waals surface area (Å²) in [7, 11) is 1.53. The summed E-state index contributed by atoms with van der Waals surface area (Å²) in [5.74, 6) is -1.09. The minimum absolute atomic E-state index is 0.0304. The third kappa shape index (κ3) is 1.67. The molecule has 2 aromatic heterocycles. The SMILES string of the molecule is Cn1cc(C(=O)O)c2nc3ccccc3cc2c1=O. The summed E-state index contributed by atoms with van der Waals surface area (Å²) in [5.41, 5.74) is 0.682. The number of benzene rings is 1. The molecule has 94 valence electrons. The Morgan fingerprint density at radius 3 is 2.79 bits per heavy atom. The Hall–Kier alpha value is -2.69. The maximum atomic E-state index is 12.1. The van der Waals surface area contributed by atoms with E-state index < -0.39 is 5.97 Å². The van der Waals surface area contributed by atoms with Crippen LogP contribution in [-0.4, -0.2) is 20.6 Å². The van der Waals surface area contributed by atoms with Gasteiger partial charge in [-0.1, -0.05) is 18.2 Å². The van der Waals surface area contributed by atoms with Crippen LogP contribution in [0.2, 0.25) is 0 Å². The van der Waals surface area contributed by atoms with E-state index in [0.29, 0.717) is 10.9 Å².